The predicted molar refractivity (Wildman–Crippen MR) is 139 cm³/mol. The van der Waals surface area contributed by atoms with Crippen molar-refractivity contribution in [1.29, 1.82) is 0 Å². The van der Waals surface area contributed by atoms with Crippen molar-refractivity contribution in [2.24, 2.45) is 0 Å². The second-order valence-corrected chi connectivity index (χ2v) is 8.11. The van der Waals surface area contributed by atoms with Crippen molar-refractivity contribution in [2.75, 3.05) is 31.7 Å². The second-order valence-electron chi connectivity index (χ2n) is 8.11. The van der Waals surface area contributed by atoms with Crippen LogP contribution in [0.25, 0.3) is 5.69 Å². The Bertz CT molecular complexity index is 1220. The maximum absolute atomic E-state index is 12.9. The third-order valence-corrected chi connectivity index (χ3v) is 5.68. The largest absolute Gasteiger partial charge is 0.493 e. The molecule has 8 heteroatoms. The molecule has 1 aliphatic rings. The Morgan fingerprint density at radius 2 is 2.03 bits per heavy atom. The average molecular weight is 487 g/mol. The highest BCUT2D eigenvalue weighted by molar-refractivity contribution is 5.83. The molecule has 0 bridgehead atoms. The van der Waals surface area contributed by atoms with Crippen LogP contribution in [0.1, 0.15) is 5.56 Å². The van der Waals surface area contributed by atoms with Crippen LogP contribution in [0.3, 0.4) is 0 Å². The number of nitrogens with zero attached hydrogens (tertiary/aromatic N) is 3. The van der Waals surface area contributed by atoms with Crippen LogP contribution in [-0.4, -0.2) is 48.6 Å². The summed E-state index contributed by atoms with van der Waals surface area (Å²) in [7, 11) is 1.52. The highest BCUT2D eigenvalue weighted by atomic mass is 16.5. The first-order valence-electron chi connectivity index (χ1n) is 11.6. The molecule has 0 saturated carbocycles. The SMILES string of the molecule is C=C/C=C(/OCCNC(=O)C1CN(Cc2ccc(-n3cccn3)cc2)c2ccccc2O1)C(=C)OC. The molecule has 186 valence electrons. The highest BCUT2D eigenvalue weighted by Gasteiger charge is 2.30. The lowest BCUT2D eigenvalue weighted by Gasteiger charge is -2.35. The van der Waals surface area contributed by atoms with E-state index in [-0.39, 0.29) is 12.5 Å². The van der Waals surface area contributed by atoms with Crippen molar-refractivity contribution in [3.63, 3.8) is 0 Å². The van der Waals surface area contributed by atoms with Gasteiger partial charge in [-0.1, -0.05) is 43.5 Å². The minimum Gasteiger partial charge on any atom is -0.493 e. The van der Waals surface area contributed by atoms with Crippen LogP contribution < -0.4 is 15.0 Å². The van der Waals surface area contributed by atoms with E-state index < -0.39 is 6.10 Å². The van der Waals surface area contributed by atoms with E-state index in [9.17, 15) is 4.79 Å². The van der Waals surface area contributed by atoms with Crippen molar-refractivity contribution >= 4 is 11.6 Å². The minimum absolute atomic E-state index is 0.202. The molecule has 3 aromatic rings. The monoisotopic (exact) mass is 486 g/mol. The van der Waals surface area contributed by atoms with Crippen LogP contribution in [-0.2, 0) is 20.8 Å². The molecule has 36 heavy (non-hydrogen) atoms. The number of allylic oxidation sites excluding steroid dienone is 2. The van der Waals surface area contributed by atoms with E-state index in [1.807, 2.05) is 53.3 Å². The third kappa shape index (κ3) is 5.96. The van der Waals surface area contributed by atoms with Crippen molar-refractivity contribution in [2.45, 2.75) is 12.6 Å². The number of rotatable bonds is 11. The van der Waals surface area contributed by atoms with Crippen LogP contribution in [0.4, 0.5) is 5.69 Å². The molecule has 1 unspecified atom stereocenters. The van der Waals surface area contributed by atoms with Crippen LogP contribution >= 0.6 is 0 Å². The molecule has 0 radical (unpaired) electrons. The maximum Gasteiger partial charge on any atom is 0.263 e. The summed E-state index contributed by atoms with van der Waals surface area (Å²) in [5.74, 6) is 1.34. The smallest absolute Gasteiger partial charge is 0.263 e. The number of fused-ring (bicyclic) bond motifs is 1. The first-order chi connectivity index (χ1) is 17.6. The summed E-state index contributed by atoms with van der Waals surface area (Å²) in [5.41, 5.74) is 3.07. The number of methoxy groups -OCH3 is 1. The molecule has 1 amide bonds. The Hall–Kier alpha value is -4.46. The van der Waals surface area contributed by atoms with Gasteiger partial charge in [-0.3, -0.25) is 4.79 Å². The van der Waals surface area contributed by atoms with Gasteiger partial charge in [-0.25, -0.2) is 4.68 Å². The van der Waals surface area contributed by atoms with Gasteiger partial charge in [0, 0.05) is 18.9 Å². The fourth-order valence-corrected chi connectivity index (χ4v) is 3.87. The summed E-state index contributed by atoms with van der Waals surface area (Å²) in [4.78, 5) is 15.1. The molecule has 1 atom stereocenters. The molecule has 1 aliphatic heterocycles. The molecule has 4 rings (SSSR count). The number of aromatic nitrogens is 2. The number of para-hydroxylation sites is 2. The summed E-state index contributed by atoms with van der Waals surface area (Å²) in [6.45, 7) is 9.06. The van der Waals surface area contributed by atoms with Gasteiger partial charge in [0.1, 0.15) is 12.4 Å². The van der Waals surface area contributed by atoms with Crippen LogP contribution in [0.15, 0.2) is 104 Å². The van der Waals surface area contributed by atoms with Crippen molar-refractivity contribution in [3.8, 4) is 11.4 Å². The molecule has 2 heterocycles. The molecule has 1 aromatic heterocycles. The summed E-state index contributed by atoms with van der Waals surface area (Å²) in [6.07, 6.45) is 6.26. The van der Waals surface area contributed by atoms with E-state index in [1.165, 1.54) is 7.11 Å². The maximum atomic E-state index is 12.9. The van der Waals surface area contributed by atoms with Gasteiger partial charge in [0.05, 0.1) is 31.6 Å². The second kappa shape index (κ2) is 11.8. The minimum atomic E-state index is -0.652. The Balaban J connectivity index is 1.38. The number of nitrogens with one attached hydrogen (secondary N) is 1. The number of hydrogen-bond donors (Lipinski definition) is 1. The van der Waals surface area contributed by atoms with Crippen molar-refractivity contribution < 1.29 is 19.0 Å². The zero-order valence-electron chi connectivity index (χ0n) is 20.3. The first-order valence-corrected chi connectivity index (χ1v) is 11.6. The first kappa shape index (κ1) is 24.7. The molecule has 8 nitrogen and oxygen atoms in total. The Morgan fingerprint density at radius 3 is 2.75 bits per heavy atom. The number of ether oxygens (including phenoxy) is 3. The van der Waals surface area contributed by atoms with Crippen LogP contribution in [0.2, 0.25) is 0 Å². The Labute approximate surface area is 211 Å². The highest BCUT2D eigenvalue weighted by Crippen LogP contribution is 2.34. The van der Waals surface area contributed by atoms with Gasteiger partial charge >= 0.3 is 0 Å². The van der Waals surface area contributed by atoms with E-state index in [4.69, 9.17) is 14.2 Å². The van der Waals surface area contributed by atoms with Gasteiger partial charge in [0.15, 0.2) is 17.6 Å². The molecule has 0 spiro atoms. The topological polar surface area (TPSA) is 77.9 Å². The lowest BCUT2D eigenvalue weighted by Crippen LogP contribution is -2.49. The zero-order chi connectivity index (χ0) is 25.3. The Kier molecular flexibility index (Phi) is 8.08. The van der Waals surface area contributed by atoms with Gasteiger partial charge in [-0.05, 0) is 42.0 Å². The zero-order valence-corrected chi connectivity index (χ0v) is 20.3. The van der Waals surface area contributed by atoms with E-state index in [1.54, 1.807) is 18.3 Å². The van der Waals surface area contributed by atoms with E-state index >= 15 is 0 Å². The van der Waals surface area contributed by atoms with Gasteiger partial charge in [-0.15, -0.1) is 0 Å². The number of carbonyl (C=O) groups is 1. The summed E-state index contributed by atoms with van der Waals surface area (Å²) in [5, 5.41) is 7.17. The summed E-state index contributed by atoms with van der Waals surface area (Å²) < 4.78 is 18.6. The molecular weight excluding hydrogens is 456 g/mol. The fourth-order valence-electron chi connectivity index (χ4n) is 3.87. The summed E-state index contributed by atoms with van der Waals surface area (Å²) >= 11 is 0. The third-order valence-electron chi connectivity index (χ3n) is 5.68. The molecule has 1 N–H and O–H groups in total. The van der Waals surface area contributed by atoms with Gasteiger partial charge in [0.2, 0.25) is 0 Å². The van der Waals surface area contributed by atoms with Crippen molar-refractivity contribution in [3.05, 3.63) is 109 Å². The van der Waals surface area contributed by atoms with Crippen LogP contribution in [0.5, 0.6) is 5.75 Å². The van der Waals surface area contributed by atoms with Crippen molar-refractivity contribution in [1.82, 2.24) is 15.1 Å². The van der Waals surface area contributed by atoms with Gasteiger partial charge < -0.3 is 24.4 Å². The number of hydrogen-bond acceptors (Lipinski definition) is 6. The average Bonchev–Trinajstić information content (AvgIpc) is 3.45. The quantitative estimate of drug-likeness (QED) is 0.251. The lowest BCUT2D eigenvalue weighted by atomic mass is 10.1. The number of benzene rings is 2. The lowest BCUT2D eigenvalue weighted by molar-refractivity contribution is -0.128. The van der Waals surface area contributed by atoms with Crippen LogP contribution in [0, 0.1) is 0 Å². The van der Waals surface area contributed by atoms with E-state index in [2.05, 4.69) is 40.6 Å². The van der Waals surface area contributed by atoms with Gasteiger partial charge in [-0.2, -0.15) is 5.10 Å². The molecular formula is C28H30N4O4. The molecule has 0 fully saturated rings. The Morgan fingerprint density at radius 1 is 1.22 bits per heavy atom. The van der Waals surface area contributed by atoms with E-state index in [0.29, 0.717) is 36.9 Å². The molecule has 2 aromatic carbocycles. The standard InChI is InChI=1S/C28H30N4O4/c1-4-8-25(21(2)34-3)35-18-16-29-28(33)27-20-31(24-9-5-6-10-26(24)36-27)19-22-11-13-23(14-12-22)32-17-7-15-30-32/h4-15,17,27H,1-2,16,18-20H2,3H3,(H,29,33)/b25-8+. The van der Waals surface area contributed by atoms with E-state index in [0.717, 1.165) is 16.9 Å². The fraction of sp³-hybridized carbons (Fsp3) is 0.214. The number of anilines is 1. The molecule has 0 saturated heterocycles. The molecule has 0 aliphatic carbocycles. The van der Waals surface area contributed by atoms with Gasteiger partial charge in [0.25, 0.3) is 5.91 Å². The predicted octanol–water partition coefficient (Wildman–Crippen LogP) is 4.00. The number of amides is 1. The normalized spacial score (nSPS) is 14.9. The number of carbonyl (C=O) groups excluding carboxylic acids is 1. The summed E-state index contributed by atoms with van der Waals surface area (Å²) in [6, 6.07) is 17.9.